The Hall–Kier alpha value is -2.67. The molecule has 3 atom stereocenters. The van der Waals surface area contributed by atoms with Crippen LogP contribution < -0.4 is 5.32 Å². The quantitative estimate of drug-likeness (QED) is 0.843. The Kier molecular flexibility index (Phi) is 5.67. The number of amides is 2. The van der Waals surface area contributed by atoms with Crippen LogP contribution >= 0.6 is 0 Å². The first kappa shape index (κ1) is 19.6. The average molecular weight is 396 g/mol. The van der Waals surface area contributed by atoms with Crippen LogP contribution in [0.5, 0.6) is 0 Å². The largest absolute Gasteiger partial charge is 0.370 e. The van der Waals surface area contributed by atoms with Gasteiger partial charge in [-0.2, -0.15) is 5.10 Å². The Morgan fingerprint density at radius 3 is 2.72 bits per heavy atom. The molecule has 2 aliphatic rings. The molecule has 0 radical (unpaired) electrons. The van der Waals surface area contributed by atoms with Gasteiger partial charge in [0.2, 0.25) is 5.91 Å². The van der Waals surface area contributed by atoms with Crippen LogP contribution in [0.1, 0.15) is 61.3 Å². The van der Waals surface area contributed by atoms with Gasteiger partial charge in [0.15, 0.2) is 0 Å². The molecule has 1 aromatic carbocycles. The molecule has 0 bridgehead atoms. The highest BCUT2D eigenvalue weighted by Gasteiger charge is 2.39. The van der Waals surface area contributed by atoms with Gasteiger partial charge < -0.3 is 15.0 Å². The molecule has 2 aromatic rings. The van der Waals surface area contributed by atoms with Crippen molar-refractivity contribution in [3.05, 3.63) is 53.9 Å². The van der Waals surface area contributed by atoms with E-state index in [0.29, 0.717) is 25.1 Å². The molecule has 0 saturated carbocycles. The maximum Gasteiger partial charge on any atom is 0.254 e. The van der Waals surface area contributed by atoms with Crippen molar-refractivity contribution in [3.63, 3.8) is 0 Å². The van der Waals surface area contributed by atoms with Crippen LogP contribution in [0.2, 0.25) is 0 Å². The van der Waals surface area contributed by atoms with E-state index in [-0.39, 0.29) is 30.0 Å². The highest BCUT2D eigenvalue weighted by molar-refractivity contribution is 5.98. The fourth-order valence-corrected chi connectivity index (χ4v) is 4.32. The van der Waals surface area contributed by atoms with Gasteiger partial charge in [-0.15, -0.1) is 0 Å². The van der Waals surface area contributed by atoms with E-state index in [1.54, 1.807) is 23.2 Å². The second-order valence-electron chi connectivity index (χ2n) is 8.01. The van der Waals surface area contributed by atoms with Crippen molar-refractivity contribution in [3.8, 4) is 0 Å². The van der Waals surface area contributed by atoms with Crippen molar-refractivity contribution >= 4 is 11.8 Å². The van der Waals surface area contributed by atoms with Crippen molar-refractivity contribution in [1.29, 1.82) is 0 Å². The first-order valence-electron chi connectivity index (χ1n) is 10.4. The number of likely N-dealkylation sites (tertiary alicyclic amines) is 1. The van der Waals surface area contributed by atoms with Gasteiger partial charge in [-0.1, -0.05) is 18.2 Å². The van der Waals surface area contributed by atoms with Crippen LogP contribution in [0, 0.1) is 0 Å². The Labute approximate surface area is 171 Å². The van der Waals surface area contributed by atoms with Gasteiger partial charge in [0.25, 0.3) is 5.91 Å². The van der Waals surface area contributed by atoms with Crippen LogP contribution in [0.25, 0.3) is 0 Å². The molecule has 4 rings (SSSR count). The van der Waals surface area contributed by atoms with Gasteiger partial charge in [0.05, 0.1) is 11.7 Å². The number of ether oxygens (including phenoxy) is 1. The summed E-state index contributed by atoms with van der Waals surface area (Å²) in [5, 5.41) is 7.55. The van der Waals surface area contributed by atoms with Gasteiger partial charge in [0.1, 0.15) is 12.1 Å². The first-order valence-corrected chi connectivity index (χ1v) is 10.4. The molecule has 0 aliphatic carbocycles. The Balaban J connectivity index is 1.46. The van der Waals surface area contributed by atoms with Crippen LogP contribution in [-0.2, 0) is 9.53 Å². The number of carbonyl (C=O) groups excluding carboxylic acids is 2. The van der Waals surface area contributed by atoms with E-state index in [0.717, 1.165) is 18.5 Å². The normalized spacial score (nSPS) is 24.2. The van der Waals surface area contributed by atoms with E-state index in [1.165, 1.54) is 0 Å². The summed E-state index contributed by atoms with van der Waals surface area (Å²) in [5.74, 6) is -0.178. The summed E-state index contributed by atoms with van der Waals surface area (Å²) in [6, 6.07) is 10.8. The molecule has 7 nitrogen and oxygen atoms in total. The molecule has 2 fully saturated rings. The van der Waals surface area contributed by atoms with Gasteiger partial charge in [-0.3, -0.25) is 14.3 Å². The second kappa shape index (κ2) is 8.37. The monoisotopic (exact) mass is 396 g/mol. The number of carbonyl (C=O) groups is 2. The maximum absolute atomic E-state index is 13.1. The second-order valence-corrected chi connectivity index (χ2v) is 8.01. The van der Waals surface area contributed by atoms with Gasteiger partial charge in [0, 0.05) is 31.0 Å². The Bertz CT molecular complexity index is 864. The number of aromatic nitrogens is 2. The molecular formula is C22H28N4O3. The van der Waals surface area contributed by atoms with E-state index in [9.17, 15) is 9.59 Å². The minimum Gasteiger partial charge on any atom is -0.370 e. The number of hydrogen-bond donors (Lipinski definition) is 1. The predicted octanol–water partition coefficient (Wildman–Crippen LogP) is 2.71. The SMILES string of the molecule is CC(C)n1nccc1[C@@H]1OCC[C@H]1NC(=O)C1CCCN1C(=O)c1ccccc1. The zero-order valence-electron chi connectivity index (χ0n) is 17.0. The third-order valence-electron chi connectivity index (χ3n) is 5.74. The summed E-state index contributed by atoms with van der Waals surface area (Å²) < 4.78 is 7.89. The number of nitrogens with one attached hydrogen (secondary N) is 1. The third kappa shape index (κ3) is 3.92. The summed E-state index contributed by atoms with van der Waals surface area (Å²) in [6.45, 7) is 5.35. The zero-order chi connectivity index (χ0) is 20.4. The third-order valence-corrected chi connectivity index (χ3v) is 5.74. The fraction of sp³-hybridized carbons (Fsp3) is 0.500. The zero-order valence-corrected chi connectivity index (χ0v) is 17.0. The van der Waals surface area contributed by atoms with Crippen molar-refractivity contribution in [1.82, 2.24) is 20.0 Å². The summed E-state index contributed by atoms with van der Waals surface area (Å²) in [6.07, 6.45) is 3.82. The molecule has 2 aliphatic heterocycles. The highest BCUT2D eigenvalue weighted by Crippen LogP contribution is 2.31. The van der Waals surface area contributed by atoms with E-state index in [2.05, 4.69) is 24.3 Å². The smallest absolute Gasteiger partial charge is 0.254 e. The maximum atomic E-state index is 13.1. The minimum atomic E-state index is -0.432. The van der Waals surface area contributed by atoms with Crippen molar-refractivity contribution in [2.45, 2.75) is 57.3 Å². The van der Waals surface area contributed by atoms with E-state index in [1.807, 2.05) is 28.9 Å². The number of benzene rings is 1. The van der Waals surface area contributed by atoms with Crippen molar-refractivity contribution < 1.29 is 14.3 Å². The minimum absolute atomic E-state index is 0.0830. The topological polar surface area (TPSA) is 76.5 Å². The Morgan fingerprint density at radius 1 is 1.17 bits per heavy atom. The lowest BCUT2D eigenvalue weighted by Crippen LogP contribution is -2.49. The lowest BCUT2D eigenvalue weighted by Gasteiger charge is -2.27. The molecule has 1 unspecified atom stereocenters. The van der Waals surface area contributed by atoms with Crippen LogP contribution in [0.4, 0.5) is 0 Å². The first-order chi connectivity index (χ1) is 14.1. The van der Waals surface area contributed by atoms with Crippen LogP contribution in [0.3, 0.4) is 0 Å². The van der Waals surface area contributed by atoms with Crippen LogP contribution in [-0.4, -0.2) is 51.7 Å². The lowest BCUT2D eigenvalue weighted by atomic mass is 10.1. The molecule has 154 valence electrons. The molecule has 1 N–H and O–H groups in total. The van der Waals surface area contributed by atoms with Gasteiger partial charge in [-0.25, -0.2) is 0 Å². The highest BCUT2D eigenvalue weighted by atomic mass is 16.5. The standard InChI is InChI=1S/C22H28N4O3/c1-15(2)26-18(10-12-23-26)20-17(11-14-29-20)24-21(27)19-9-6-13-25(19)22(28)16-7-4-3-5-8-16/h3-5,7-8,10,12,15,17,19-20H,6,9,11,13-14H2,1-2H3,(H,24,27)/t17-,19?,20-/m1/s1. The fourth-order valence-electron chi connectivity index (χ4n) is 4.32. The Morgan fingerprint density at radius 2 is 1.97 bits per heavy atom. The van der Waals surface area contributed by atoms with Gasteiger partial charge >= 0.3 is 0 Å². The number of hydrogen-bond acceptors (Lipinski definition) is 4. The lowest BCUT2D eigenvalue weighted by molar-refractivity contribution is -0.126. The summed E-state index contributed by atoms with van der Waals surface area (Å²) in [5.41, 5.74) is 1.60. The molecule has 3 heterocycles. The van der Waals surface area contributed by atoms with Gasteiger partial charge in [-0.05, 0) is 51.3 Å². The average Bonchev–Trinajstić information content (AvgIpc) is 3.47. The van der Waals surface area contributed by atoms with Crippen LogP contribution in [0.15, 0.2) is 42.6 Å². The van der Waals surface area contributed by atoms with E-state index < -0.39 is 6.04 Å². The molecule has 2 saturated heterocycles. The summed E-state index contributed by atoms with van der Waals surface area (Å²) in [4.78, 5) is 27.7. The molecular weight excluding hydrogens is 368 g/mol. The van der Waals surface area contributed by atoms with E-state index in [4.69, 9.17) is 4.74 Å². The molecule has 2 amide bonds. The molecule has 7 heteroatoms. The number of nitrogens with zero attached hydrogens (tertiary/aromatic N) is 3. The summed E-state index contributed by atoms with van der Waals surface area (Å²) in [7, 11) is 0. The molecule has 0 spiro atoms. The molecule has 1 aromatic heterocycles. The summed E-state index contributed by atoms with van der Waals surface area (Å²) >= 11 is 0. The van der Waals surface area contributed by atoms with E-state index >= 15 is 0 Å². The van der Waals surface area contributed by atoms with Crippen molar-refractivity contribution in [2.75, 3.05) is 13.2 Å². The predicted molar refractivity (Wildman–Crippen MR) is 108 cm³/mol. The molecule has 29 heavy (non-hydrogen) atoms. The number of rotatable bonds is 5. The van der Waals surface area contributed by atoms with Crippen molar-refractivity contribution in [2.24, 2.45) is 0 Å².